The van der Waals surface area contributed by atoms with Gasteiger partial charge in [-0.3, -0.25) is 9.59 Å². The van der Waals surface area contributed by atoms with Gasteiger partial charge in [0, 0.05) is 0 Å². The average Bonchev–Trinajstić information content (AvgIpc) is 3.08. The van der Waals surface area contributed by atoms with Crippen LogP contribution < -0.4 is 0 Å². The lowest BCUT2D eigenvalue weighted by Crippen LogP contribution is -2.43. The molecule has 1 N–H and O–H groups in total. The van der Waals surface area contributed by atoms with Crippen molar-refractivity contribution in [2.24, 2.45) is 11.8 Å². The van der Waals surface area contributed by atoms with Crippen LogP contribution in [0.4, 0.5) is 8.78 Å². The fourth-order valence-electron chi connectivity index (χ4n) is 2.99. The Labute approximate surface area is 117 Å². The minimum absolute atomic E-state index is 0.137. The van der Waals surface area contributed by atoms with Crippen molar-refractivity contribution in [1.82, 2.24) is 5.06 Å². The van der Waals surface area contributed by atoms with Gasteiger partial charge in [0.2, 0.25) is 0 Å². The highest BCUT2D eigenvalue weighted by Crippen LogP contribution is 2.48. The smallest absolute Gasteiger partial charge is 0.389 e. The molecule has 3 saturated heterocycles. The Kier molecular flexibility index (Phi) is 3.10. The van der Waals surface area contributed by atoms with E-state index in [0.29, 0.717) is 12.8 Å². The van der Waals surface area contributed by atoms with Crippen molar-refractivity contribution in [2.45, 2.75) is 30.3 Å². The van der Waals surface area contributed by atoms with E-state index in [0.717, 1.165) is 0 Å². The van der Waals surface area contributed by atoms with Crippen molar-refractivity contribution in [2.75, 3.05) is 6.61 Å². The summed E-state index contributed by atoms with van der Waals surface area (Å²) in [6.07, 6.45) is 0.0356. The standard InChI is InChI=1S/C10H11F2NO7S/c11-10(12,3-14)21(17,18)20-13-8(15)6-4-1-2-5(19-4)7(6)9(13)16/h4-7,14H,1-3H2. The molecule has 0 aliphatic carbocycles. The predicted molar refractivity (Wildman–Crippen MR) is 58.8 cm³/mol. The number of halogens is 2. The summed E-state index contributed by atoms with van der Waals surface area (Å²) in [7, 11) is -5.64. The molecule has 8 nitrogen and oxygen atoms in total. The molecule has 0 aromatic carbocycles. The van der Waals surface area contributed by atoms with Gasteiger partial charge < -0.3 is 9.84 Å². The number of imide groups is 1. The number of hydrogen-bond acceptors (Lipinski definition) is 7. The first kappa shape index (κ1) is 14.8. The number of aliphatic hydroxyl groups is 1. The van der Waals surface area contributed by atoms with Crippen molar-refractivity contribution >= 4 is 21.9 Å². The van der Waals surface area contributed by atoms with Crippen molar-refractivity contribution in [3.05, 3.63) is 0 Å². The summed E-state index contributed by atoms with van der Waals surface area (Å²) in [5.41, 5.74) is 0. The maximum Gasteiger partial charge on any atom is 0.394 e. The summed E-state index contributed by atoms with van der Waals surface area (Å²) in [4.78, 5) is 24.0. The molecule has 3 heterocycles. The lowest BCUT2D eigenvalue weighted by Gasteiger charge is -2.19. The first-order valence-corrected chi connectivity index (χ1v) is 7.56. The number of fused-ring (bicyclic) bond motifs is 5. The number of alkyl halides is 2. The summed E-state index contributed by atoms with van der Waals surface area (Å²) in [5.74, 6) is -3.80. The number of aliphatic hydroxyl groups excluding tert-OH is 1. The highest BCUT2D eigenvalue weighted by atomic mass is 32.2. The number of carbonyl (C=O) groups excluding carboxylic acids is 2. The second kappa shape index (κ2) is 4.41. The highest BCUT2D eigenvalue weighted by molar-refractivity contribution is 7.87. The average molecular weight is 327 g/mol. The molecule has 11 heteroatoms. The number of rotatable bonds is 4. The largest absolute Gasteiger partial charge is 0.394 e. The molecular weight excluding hydrogens is 316 g/mol. The Hall–Kier alpha value is -1.17. The van der Waals surface area contributed by atoms with E-state index in [1.54, 1.807) is 0 Å². The Morgan fingerprint density at radius 2 is 1.71 bits per heavy atom. The van der Waals surface area contributed by atoms with Gasteiger partial charge in [-0.25, -0.2) is 0 Å². The zero-order valence-corrected chi connectivity index (χ0v) is 11.3. The second-order valence-corrected chi connectivity index (χ2v) is 6.79. The van der Waals surface area contributed by atoms with Crippen molar-refractivity contribution in [1.29, 1.82) is 0 Å². The Morgan fingerprint density at radius 3 is 2.14 bits per heavy atom. The molecule has 3 aliphatic heterocycles. The normalized spacial score (nSPS) is 35.7. The molecule has 118 valence electrons. The number of nitrogens with zero attached hydrogens (tertiary/aromatic N) is 1. The molecule has 0 spiro atoms. The van der Waals surface area contributed by atoms with Crippen LogP contribution >= 0.6 is 0 Å². The third-order valence-electron chi connectivity index (χ3n) is 3.97. The van der Waals surface area contributed by atoms with Crippen LogP contribution in [0.3, 0.4) is 0 Å². The molecule has 3 fully saturated rings. The molecule has 21 heavy (non-hydrogen) atoms. The summed E-state index contributed by atoms with van der Waals surface area (Å²) < 4.78 is 58.1. The van der Waals surface area contributed by atoms with Gasteiger partial charge in [0.15, 0.2) is 0 Å². The van der Waals surface area contributed by atoms with Gasteiger partial charge >= 0.3 is 15.4 Å². The van der Waals surface area contributed by atoms with E-state index in [9.17, 15) is 26.8 Å². The van der Waals surface area contributed by atoms with Gasteiger partial charge in [-0.05, 0) is 12.8 Å². The number of hydroxylamine groups is 2. The van der Waals surface area contributed by atoms with Gasteiger partial charge in [0.05, 0.1) is 24.0 Å². The molecule has 4 unspecified atom stereocenters. The lowest BCUT2D eigenvalue weighted by atomic mass is 9.81. The fraction of sp³-hybridized carbons (Fsp3) is 0.800. The van der Waals surface area contributed by atoms with Gasteiger partial charge in [0.25, 0.3) is 11.8 Å². The topological polar surface area (TPSA) is 110 Å². The third-order valence-corrected chi connectivity index (χ3v) is 5.17. The molecule has 0 aromatic heterocycles. The van der Waals surface area contributed by atoms with Crippen LogP contribution in [0.1, 0.15) is 12.8 Å². The Bertz CT molecular complexity index is 579. The molecule has 3 rings (SSSR count). The van der Waals surface area contributed by atoms with Crippen molar-refractivity contribution in [3.8, 4) is 0 Å². The number of hydrogen-bond donors (Lipinski definition) is 1. The van der Waals surface area contributed by atoms with Crippen LogP contribution in [0.15, 0.2) is 0 Å². The zero-order chi connectivity index (χ0) is 15.6. The van der Waals surface area contributed by atoms with E-state index in [1.807, 2.05) is 0 Å². The third kappa shape index (κ3) is 1.91. The molecule has 3 aliphatic rings. The van der Waals surface area contributed by atoms with Crippen LogP contribution in [0.25, 0.3) is 0 Å². The van der Waals surface area contributed by atoms with Gasteiger partial charge in [-0.1, -0.05) is 0 Å². The monoisotopic (exact) mass is 327 g/mol. The molecule has 2 amide bonds. The quantitative estimate of drug-likeness (QED) is 0.659. The predicted octanol–water partition coefficient (Wildman–Crippen LogP) is -1.00. The summed E-state index contributed by atoms with van der Waals surface area (Å²) in [5, 5.41) is 3.63. The lowest BCUT2D eigenvalue weighted by molar-refractivity contribution is -0.170. The second-order valence-electron chi connectivity index (χ2n) is 5.14. The Morgan fingerprint density at radius 1 is 1.24 bits per heavy atom. The Balaban J connectivity index is 1.85. The molecule has 4 atom stereocenters. The first-order chi connectivity index (χ1) is 9.69. The van der Waals surface area contributed by atoms with Crippen LogP contribution in [0.5, 0.6) is 0 Å². The summed E-state index contributed by atoms with van der Waals surface area (Å²) in [6.45, 7) is -2.02. The minimum atomic E-state index is -5.64. The van der Waals surface area contributed by atoms with Gasteiger partial charge in [-0.15, -0.1) is 9.35 Å². The molecule has 0 radical (unpaired) electrons. The van der Waals surface area contributed by atoms with E-state index in [-0.39, 0.29) is 5.06 Å². The zero-order valence-electron chi connectivity index (χ0n) is 10.4. The first-order valence-electron chi connectivity index (χ1n) is 6.16. The number of ether oxygens (including phenoxy) is 1. The van der Waals surface area contributed by atoms with Crippen LogP contribution in [0.2, 0.25) is 0 Å². The SMILES string of the molecule is O=C1C2C3CCC(O3)C2C(=O)N1OS(=O)(=O)C(F)(F)CO. The summed E-state index contributed by atoms with van der Waals surface area (Å²) in [6, 6.07) is 0. The fourth-order valence-corrected chi connectivity index (χ4v) is 3.60. The molecule has 2 bridgehead atoms. The van der Waals surface area contributed by atoms with E-state index in [2.05, 4.69) is 4.28 Å². The van der Waals surface area contributed by atoms with Crippen LogP contribution in [0, 0.1) is 11.8 Å². The number of amides is 2. The molecular formula is C10H11F2NO7S. The van der Waals surface area contributed by atoms with E-state index in [1.165, 1.54) is 0 Å². The van der Waals surface area contributed by atoms with E-state index in [4.69, 9.17) is 9.84 Å². The molecule has 0 aromatic rings. The molecule has 0 saturated carbocycles. The maximum absolute atomic E-state index is 13.1. The highest BCUT2D eigenvalue weighted by Gasteiger charge is 2.64. The van der Waals surface area contributed by atoms with Crippen molar-refractivity contribution < 1.29 is 40.9 Å². The van der Waals surface area contributed by atoms with Crippen molar-refractivity contribution in [3.63, 3.8) is 0 Å². The van der Waals surface area contributed by atoms with Gasteiger partial charge in [-0.2, -0.15) is 17.2 Å². The maximum atomic E-state index is 13.1. The van der Waals surface area contributed by atoms with E-state index < -0.39 is 57.8 Å². The number of carbonyl (C=O) groups is 2. The van der Waals surface area contributed by atoms with Gasteiger partial charge in [0.1, 0.15) is 6.61 Å². The van der Waals surface area contributed by atoms with Crippen LogP contribution in [-0.2, 0) is 28.7 Å². The van der Waals surface area contributed by atoms with Crippen LogP contribution in [-0.4, -0.2) is 54.5 Å². The summed E-state index contributed by atoms with van der Waals surface area (Å²) >= 11 is 0. The van der Waals surface area contributed by atoms with E-state index >= 15 is 0 Å². The minimum Gasteiger partial charge on any atom is -0.389 e.